The first kappa shape index (κ1) is 9.41. The van der Waals surface area contributed by atoms with E-state index in [1.165, 1.54) is 0 Å². The average molecular weight is 189 g/mol. The van der Waals surface area contributed by atoms with E-state index in [2.05, 4.69) is 4.90 Å². The molecule has 0 amide bonds. The molecule has 2 nitrogen and oxygen atoms in total. The van der Waals surface area contributed by atoms with Crippen molar-refractivity contribution < 1.29 is 4.79 Å². The summed E-state index contributed by atoms with van der Waals surface area (Å²) in [6, 6.07) is 7.86. The Labute approximate surface area is 84.5 Å². The van der Waals surface area contributed by atoms with E-state index in [-0.39, 0.29) is 11.3 Å². The summed E-state index contributed by atoms with van der Waals surface area (Å²) in [6.07, 6.45) is 0. The van der Waals surface area contributed by atoms with E-state index in [0.29, 0.717) is 0 Å². The molecule has 1 aliphatic rings. The number of likely N-dealkylation sites (N-methyl/N-ethyl adjacent to an activating group) is 1. The topological polar surface area (TPSA) is 20.3 Å². The molecular weight excluding hydrogens is 174 g/mol. The predicted molar refractivity (Wildman–Crippen MR) is 56.3 cm³/mol. The Kier molecular flexibility index (Phi) is 1.96. The number of hydrogen-bond acceptors (Lipinski definition) is 2. The van der Waals surface area contributed by atoms with Crippen molar-refractivity contribution in [2.45, 2.75) is 25.9 Å². The molecule has 0 spiro atoms. The fraction of sp³-hybridized carbons (Fsp3) is 0.417. The van der Waals surface area contributed by atoms with E-state index in [1.807, 2.05) is 45.2 Å². The van der Waals surface area contributed by atoms with Crippen LogP contribution in [0, 0.1) is 0 Å². The zero-order chi connectivity index (χ0) is 10.3. The van der Waals surface area contributed by atoms with Crippen LogP contribution in [-0.2, 0) is 6.54 Å². The number of carbonyl (C=O) groups excluding carboxylic acids is 1. The van der Waals surface area contributed by atoms with Crippen LogP contribution in [-0.4, -0.2) is 23.3 Å². The van der Waals surface area contributed by atoms with Crippen molar-refractivity contribution in [3.8, 4) is 0 Å². The highest BCUT2D eigenvalue weighted by Gasteiger charge is 2.37. The van der Waals surface area contributed by atoms with Crippen molar-refractivity contribution in [2.24, 2.45) is 0 Å². The number of hydrogen-bond donors (Lipinski definition) is 0. The van der Waals surface area contributed by atoms with E-state index >= 15 is 0 Å². The molecule has 1 heterocycles. The molecule has 0 bridgehead atoms. The van der Waals surface area contributed by atoms with E-state index in [1.54, 1.807) is 0 Å². The Balaban J connectivity index is 2.55. The number of benzene rings is 1. The molecule has 0 fully saturated rings. The smallest absolute Gasteiger partial charge is 0.182 e. The van der Waals surface area contributed by atoms with Crippen LogP contribution < -0.4 is 0 Å². The Bertz CT molecular complexity index is 382. The van der Waals surface area contributed by atoms with Gasteiger partial charge in [-0.15, -0.1) is 0 Å². The summed E-state index contributed by atoms with van der Waals surface area (Å²) in [4.78, 5) is 14.2. The molecule has 0 unspecified atom stereocenters. The zero-order valence-corrected chi connectivity index (χ0v) is 8.87. The molecule has 2 heteroatoms. The highest BCUT2D eigenvalue weighted by molar-refractivity contribution is 6.04. The van der Waals surface area contributed by atoms with Crippen LogP contribution in [0.2, 0.25) is 0 Å². The molecule has 1 aromatic rings. The quantitative estimate of drug-likeness (QED) is 0.623. The van der Waals surface area contributed by atoms with Gasteiger partial charge in [0.1, 0.15) is 0 Å². The second-order valence-electron chi connectivity index (χ2n) is 4.40. The first-order chi connectivity index (χ1) is 6.53. The Morgan fingerprint density at radius 1 is 1.29 bits per heavy atom. The Hall–Kier alpha value is -1.15. The second kappa shape index (κ2) is 2.92. The molecule has 0 N–H and O–H groups in total. The normalized spacial score (nSPS) is 20.6. The standard InChI is InChI=1S/C12H15NO/c1-12(2)11(14)10-7-5-4-6-9(10)8-13(12)3/h4-7H,8H2,1-3H3. The van der Waals surface area contributed by atoms with Gasteiger partial charge in [0, 0.05) is 12.1 Å². The lowest BCUT2D eigenvalue weighted by Crippen LogP contribution is -2.50. The fourth-order valence-corrected chi connectivity index (χ4v) is 1.84. The predicted octanol–water partition coefficient (Wildman–Crippen LogP) is 2.09. The highest BCUT2D eigenvalue weighted by Crippen LogP contribution is 2.28. The molecule has 2 rings (SSSR count). The van der Waals surface area contributed by atoms with Crippen LogP contribution in [0.5, 0.6) is 0 Å². The SMILES string of the molecule is CN1Cc2ccccc2C(=O)C1(C)C. The number of carbonyl (C=O) groups is 1. The molecule has 0 saturated carbocycles. The monoisotopic (exact) mass is 189 g/mol. The summed E-state index contributed by atoms with van der Waals surface area (Å²) in [5.74, 6) is 0.224. The van der Waals surface area contributed by atoms with Crippen molar-refractivity contribution >= 4 is 5.78 Å². The number of Topliss-reactive ketones (excluding diaryl/α,β-unsaturated/α-hetero) is 1. The minimum atomic E-state index is -0.367. The number of rotatable bonds is 0. The lowest BCUT2D eigenvalue weighted by Gasteiger charge is -2.39. The zero-order valence-electron chi connectivity index (χ0n) is 8.87. The minimum Gasteiger partial charge on any atom is -0.292 e. The largest absolute Gasteiger partial charge is 0.292 e. The highest BCUT2D eigenvalue weighted by atomic mass is 16.1. The van der Waals surface area contributed by atoms with E-state index < -0.39 is 0 Å². The first-order valence-electron chi connectivity index (χ1n) is 4.87. The first-order valence-corrected chi connectivity index (χ1v) is 4.87. The van der Waals surface area contributed by atoms with Crippen molar-refractivity contribution in [2.75, 3.05) is 7.05 Å². The molecule has 0 aromatic heterocycles. The van der Waals surface area contributed by atoms with E-state index in [9.17, 15) is 4.79 Å². The third-order valence-corrected chi connectivity index (χ3v) is 3.18. The summed E-state index contributed by atoms with van der Waals surface area (Å²) < 4.78 is 0. The lowest BCUT2D eigenvalue weighted by atomic mass is 9.85. The summed E-state index contributed by atoms with van der Waals surface area (Å²) in [5, 5.41) is 0. The maximum absolute atomic E-state index is 12.1. The van der Waals surface area contributed by atoms with Crippen LogP contribution in [0.4, 0.5) is 0 Å². The average Bonchev–Trinajstić information content (AvgIpc) is 2.15. The number of nitrogens with zero attached hydrogens (tertiary/aromatic N) is 1. The van der Waals surface area contributed by atoms with E-state index in [4.69, 9.17) is 0 Å². The van der Waals surface area contributed by atoms with Gasteiger partial charge in [-0.2, -0.15) is 0 Å². The van der Waals surface area contributed by atoms with Gasteiger partial charge in [-0.05, 0) is 26.5 Å². The van der Waals surface area contributed by atoms with Crippen molar-refractivity contribution in [3.63, 3.8) is 0 Å². The van der Waals surface area contributed by atoms with Gasteiger partial charge < -0.3 is 0 Å². The van der Waals surface area contributed by atoms with Crippen LogP contribution in [0.15, 0.2) is 24.3 Å². The van der Waals surface area contributed by atoms with E-state index in [0.717, 1.165) is 17.7 Å². The summed E-state index contributed by atoms with van der Waals surface area (Å²) >= 11 is 0. The maximum Gasteiger partial charge on any atom is 0.182 e. The van der Waals surface area contributed by atoms with Crippen molar-refractivity contribution in [3.05, 3.63) is 35.4 Å². The molecule has 0 radical (unpaired) electrons. The molecule has 14 heavy (non-hydrogen) atoms. The third kappa shape index (κ3) is 1.18. The molecule has 1 aromatic carbocycles. The number of fused-ring (bicyclic) bond motifs is 1. The van der Waals surface area contributed by atoms with Crippen molar-refractivity contribution in [1.29, 1.82) is 0 Å². The van der Waals surface area contributed by atoms with Gasteiger partial charge in [-0.25, -0.2) is 0 Å². The molecule has 1 aliphatic heterocycles. The molecule has 74 valence electrons. The van der Waals surface area contributed by atoms with Gasteiger partial charge in [-0.3, -0.25) is 9.69 Å². The van der Waals surface area contributed by atoms with Gasteiger partial charge in [-0.1, -0.05) is 24.3 Å². The summed E-state index contributed by atoms with van der Waals surface area (Å²) in [5.41, 5.74) is 1.66. The molecule has 0 aliphatic carbocycles. The van der Waals surface area contributed by atoms with Gasteiger partial charge >= 0.3 is 0 Å². The van der Waals surface area contributed by atoms with Crippen LogP contribution in [0.25, 0.3) is 0 Å². The Morgan fingerprint density at radius 2 is 1.93 bits per heavy atom. The van der Waals surface area contributed by atoms with Gasteiger partial charge in [0.15, 0.2) is 5.78 Å². The van der Waals surface area contributed by atoms with Crippen molar-refractivity contribution in [1.82, 2.24) is 4.90 Å². The lowest BCUT2D eigenvalue weighted by molar-refractivity contribution is 0.0648. The summed E-state index contributed by atoms with van der Waals surface area (Å²) in [7, 11) is 1.99. The van der Waals surface area contributed by atoms with Gasteiger partial charge in [0.05, 0.1) is 5.54 Å². The minimum absolute atomic E-state index is 0.224. The van der Waals surface area contributed by atoms with Crippen LogP contribution >= 0.6 is 0 Å². The molecule has 0 atom stereocenters. The van der Waals surface area contributed by atoms with Crippen LogP contribution in [0.3, 0.4) is 0 Å². The molecular formula is C12H15NO. The van der Waals surface area contributed by atoms with Gasteiger partial charge in [0.2, 0.25) is 0 Å². The van der Waals surface area contributed by atoms with Crippen LogP contribution in [0.1, 0.15) is 29.8 Å². The summed E-state index contributed by atoms with van der Waals surface area (Å²) in [6.45, 7) is 4.81. The number of ketones is 1. The molecule has 0 saturated heterocycles. The Morgan fingerprint density at radius 3 is 2.64 bits per heavy atom. The third-order valence-electron chi connectivity index (χ3n) is 3.18. The van der Waals surface area contributed by atoms with Gasteiger partial charge in [0.25, 0.3) is 0 Å². The maximum atomic E-state index is 12.1. The second-order valence-corrected chi connectivity index (χ2v) is 4.40. The fourth-order valence-electron chi connectivity index (χ4n) is 1.84.